The van der Waals surface area contributed by atoms with Gasteiger partial charge in [0.15, 0.2) is 14.9 Å². The summed E-state index contributed by atoms with van der Waals surface area (Å²) in [6, 6.07) is 0.523. The van der Waals surface area contributed by atoms with Crippen LogP contribution >= 0.6 is 23.2 Å². The van der Waals surface area contributed by atoms with Crippen LogP contribution in [0.25, 0.3) is 0 Å². The Kier molecular flexibility index (Phi) is 4.27. The van der Waals surface area contributed by atoms with E-state index in [0.717, 1.165) is 0 Å². The molecule has 3 nitrogen and oxygen atoms in total. The zero-order valence-electron chi connectivity index (χ0n) is 8.13. The highest BCUT2D eigenvalue weighted by Gasteiger charge is 2.32. The average Bonchev–Trinajstić information content (AvgIpc) is 2.15. The molecule has 0 aromatic carbocycles. The molecule has 1 heterocycles. The molecule has 0 N–H and O–H groups in total. The topological polar surface area (TPSA) is 47.0 Å². The van der Waals surface area contributed by atoms with Crippen molar-refractivity contribution in [1.82, 2.24) is 4.98 Å². The zero-order valence-corrected chi connectivity index (χ0v) is 10.5. The lowest BCUT2D eigenvalue weighted by Gasteiger charge is -2.08. The van der Waals surface area contributed by atoms with E-state index in [1.165, 1.54) is 0 Å². The number of hydrogen-bond acceptors (Lipinski definition) is 3. The average molecular weight is 308 g/mol. The summed E-state index contributed by atoms with van der Waals surface area (Å²) >= 11 is 10.7. The Labute approximate surface area is 105 Å². The second-order valence-electron chi connectivity index (χ2n) is 3.02. The van der Waals surface area contributed by atoms with Crippen LogP contribution in [-0.2, 0) is 16.0 Å². The van der Waals surface area contributed by atoms with Crippen molar-refractivity contribution in [1.29, 1.82) is 0 Å². The van der Waals surface area contributed by atoms with Gasteiger partial charge in [-0.3, -0.25) is 0 Å². The van der Waals surface area contributed by atoms with Crippen LogP contribution in [0, 0.1) is 0 Å². The van der Waals surface area contributed by atoms with Crippen molar-refractivity contribution in [3.63, 3.8) is 0 Å². The predicted octanol–water partition coefficient (Wildman–Crippen LogP) is 2.77. The Morgan fingerprint density at radius 2 is 1.94 bits per heavy atom. The van der Waals surface area contributed by atoms with Gasteiger partial charge in [0.1, 0.15) is 0 Å². The predicted molar refractivity (Wildman–Crippen MR) is 57.0 cm³/mol. The number of nitrogens with zero attached hydrogens (tertiary/aromatic N) is 1. The molecule has 17 heavy (non-hydrogen) atoms. The molecule has 0 aliphatic rings. The van der Waals surface area contributed by atoms with Crippen molar-refractivity contribution in [3.8, 4) is 0 Å². The summed E-state index contributed by atoms with van der Waals surface area (Å²) in [7, 11) is -3.85. The maximum Gasteiger partial charge on any atom is 0.417 e. The molecule has 0 amide bonds. The minimum absolute atomic E-state index is 0.193. The van der Waals surface area contributed by atoms with Gasteiger partial charge in [-0.25, -0.2) is 13.4 Å². The lowest BCUT2D eigenvalue weighted by Crippen LogP contribution is -2.13. The molecule has 0 bridgehead atoms. The van der Waals surface area contributed by atoms with Crippen molar-refractivity contribution in [2.45, 2.75) is 11.2 Å². The van der Waals surface area contributed by atoms with Gasteiger partial charge in [-0.2, -0.15) is 13.2 Å². The van der Waals surface area contributed by atoms with E-state index in [4.69, 9.17) is 23.2 Å². The van der Waals surface area contributed by atoms with Gasteiger partial charge in [0.25, 0.3) is 0 Å². The van der Waals surface area contributed by atoms with Gasteiger partial charge in [0.05, 0.1) is 16.3 Å². The number of rotatable bonds is 3. The van der Waals surface area contributed by atoms with E-state index in [9.17, 15) is 21.6 Å². The standard InChI is InChI=1S/C8H6Cl2F3NO2S/c9-1-2-17(15,16)7-6(10)3-5(4-14-7)8(11,12)13/h3-4H,1-2H2. The largest absolute Gasteiger partial charge is 0.417 e. The van der Waals surface area contributed by atoms with Crippen LogP contribution < -0.4 is 0 Å². The van der Waals surface area contributed by atoms with Crippen molar-refractivity contribution >= 4 is 33.0 Å². The van der Waals surface area contributed by atoms with Gasteiger partial charge in [0.2, 0.25) is 0 Å². The third-order valence-electron chi connectivity index (χ3n) is 1.78. The molecule has 9 heteroatoms. The molecule has 0 atom stereocenters. The lowest BCUT2D eigenvalue weighted by atomic mass is 10.3. The Balaban J connectivity index is 3.24. The Hall–Kier alpha value is -0.530. The van der Waals surface area contributed by atoms with Crippen molar-refractivity contribution in [3.05, 3.63) is 22.8 Å². The number of halogens is 5. The number of sulfone groups is 1. The van der Waals surface area contributed by atoms with Crippen LogP contribution in [0.2, 0.25) is 5.02 Å². The molecule has 0 unspecified atom stereocenters. The molecule has 0 aliphatic heterocycles. The summed E-state index contributed by atoms with van der Waals surface area (Å²) in [6.45, 7) is 0. The molecule has 1 aromatic heterocycles. The van der Waals surface area contributed by atoms with Gasteiger partial charge >= 0.3 is 6.18 Å². The van der Waals surface area contributed by atoms with Crippen LogP contribution in [0.5, 0.6) is 0 Å². The van der Waals surface area contributed by atoms with E-state index < -0.39 is 37.4 Å². The normalized spacial score (nSPS) is 12.8. The summed E-state index contributed by atoms with van der Waals surface area (Å²) in [5, 5.41) is -1.15. The van der Waals surface area contributed by atoms with E-state index in [2.05, 4.69) is 4.98 Å². The van der Waals surface area contributed by atoms with Crippen LogP contribution in [-0.4, -0.2) is 25.0 Å². The Morgan fingerprint density at radius 1 is 1.35 bits per heavy atom. The molecule has 0 spiro atoms. The van der Waals surface area contributed by atoms with Gasteiger partial charge in [0, 0.05) is 12.1 Å². The quantitative estimate of drug-likeness (QED) is 0.807. The fourth-order valence-electron chi connectivity index (χ4n) is 1.01. The van der Waals surface area contributed by atoms with Gasteiger partial charge in [-0.15, -0.1) is 11.6 Å². The number of aromatic nitrogens is 1. The first-order valence-electron chi connectivity index (χ1n) is 4.20. The molecule has 0 saturated carbocycles. The van der Waals surface area contributed by atoms with Crippen LogP contribution in [0.1, 0.15) is 5.56 Å². The highest BCUT2D eigenvalue weighted by molar-refractivity contribution is 7.91. The second kappa shape index (κ2) is 4.99. The summed E-state index contributed by atoms with van der Waals surface area (Å²) in [5.74, 6) is -0.631. The highest BCUT2D eigenvalue weighted by atomic mass is 35.5. The first kappa shape index (κ1) is 14.5. The molecular formula is C8H6Cl2F3NO2S. The van der Waals surface area contributed by atoms with E-state index in [1.54, 1.807) is 0 Å². The summed E-state index contributed by atoms with van der Waals surface area (Å²) < 4.78 is 59.8. The maximum absolute atomic E-state index is 12.3. The van der Waals surface area contributed by atoms with Crippen molar-refractivity contribution in [2.24, 2.45) is 0 Å². The van der Waals surface area contributed by atoms with E-state index in [0.29, 0.717) is 12.3 Å². The monoisotopic (exact) mass is 307 g/mol. The Bertz CT molecular complexity index is 516. The summed E-state index contributed by atoms with van der Waals surface area (Å²) in [6.07, 6.45) is -4.20. The van der Waals surface area contributed by atoms with E-state index >= 15 is 0 Å². The smallest absolute Gasteiger partial charge is 0.243 e. The lowest BCUT2D eigenvalue weighted by molar-refractivity contribution is -0.137. The minimum Gasteiger partial charge on any atom is -0.243 e. The Morgan fingerprint density at radius 3 is 2.35 bits per heavy atom. The van der Waals surface area contributed by atoms with Gasteiger partial charge < -0.3 is 0 Å². The fraction of sp³-hybridized carbons (Fsp3) is 0.375. The molecule has 0 saturated heterocycles. The summed E-state index contributed by atoms with van der Waals surface area (Å²) in [4.78, 5) is 3.24. The van der Waals surface area contributed by atoms with Crippen LogP contribution in [0.15, 0.2) is 17.3 Å². The van der Waals surface area contributed by atoms with E-state index in [1.807, 2.05) is 0 Å². The molecule has 0 aliphatic carbocycles. The first-order chi connectivity index (χ1) is 7.68. The first-order valence-corrected chi connectivity index (χ1v) is 6.76. The van der Waals surface area contributed by atoms with Gasteiger partial charge in [-0.1, -0.05) is 11.6 Å². The summed E-state index contributed by atoms with van der Waals surface area (Å²) in [5.41, 5.74) is -1.10. The maximum atomic E-state index is 12.3. The zero-order chi connectivity index (χ0) is 13.3. The van der Waals surface area contributed by atoms with Gasteiger partial charge in [-0.05, 0) is 6.07 Å². The van der Waals surface area contributed by atoms with Crippen LogP contribution in [0.4, 0.5) is 13.2 Å². The third-order valence-corrected chi connectivity index (χ3v) is 4.24. The van der Waals surface area contributed by atoms with Crippen molar-refractivity contribution in [2.75, 3.05) is 11.6 Å². The minimum atomic E-state index is -4.62. The SMILES string of the molecule is O=S(=O)(CCCl)c1ncc(C(F)(F)F)cc1Cl. The molecule has 0 radical (unpaired) electrons. The highest BCUT2D eigenvalue weighted by Crippen LogP contribution is 2.32. The van der Waals surface area contributed by atoms with Crippen molar-refractivity contribution < 1.29 is 21.6 Å². The molecule has 1 aromatic rings. The number of hydrogen-bond donors (Lipinski definition) is 0. The van der Waals surface area contributed by atoms with E-state index in [-0.39, 0.29) is 5.88 Å². The second-order valence-corrected chi connectivity index (χ2v) is 5.83. The number of alkyl halides is 4. The molecular weight excluding hydrogens is 302 g/mol. The molecule has 0 fully saturated rings. The molecule has 96 valence electrons. The van der Waals surface area contributed by atoms with Crippen LogP contribution in [0.3, 0.4) is 0 Å². The number of pyridine rings is 1. The molecule has 1 rings (SSSR count). The third kappa shape index (κ3) is 3.46. The fourth-order valence-corrected chi connectivity index (χ4v) is 3.10.